The van der Waals surface area contributed by atoms with Gasteiger partial charge in [-0.3, -0.25) is 4.90 Å². The normalized spacial score (nSPS) is 23.0. The summed E-state index contributed by atoms with van der Waals surface area (Å²) < 4.78 is 39.2. The molecule has 1 saturated heterocycles. The molecule has 2 N–H and O–H groups in total. The monoisotopic (exact) mass is 267 g/mol. The van der Waals surface area contributed by atoms with E-state index < -0.39 is 18.3 Å². The van der Waals surface area contributed by atoms with E-state index in [0.717, 1.165) is 13.0 Å². The zero-order valence-electron chi connectivity index (χ0n) is 11.2. The number of halogens is 3. The van der Waals surface area contributed by atoms with Gasteiger partial charge in [-0.2, -0.15) is 13.2 Å². The molecule has 0 saturated carbocycles. The first kappa shape index (κ1) is 15.7. The molecule has 0 aromatic rings. The van der Waals surface area contributed by atoms with Crippen molar-refractivity contribution in [2.75, 3.05) is 32.7 Å². The van der Waals surface area contributed by atoms with Crippen molar-refractivity contribution in [1.29, 1.82) is 0 Å². The van der Waals surface area contributed by atoms with Gasteiger partial charge >= 0.3 is 6.18 Å². The number of hydrogen-bond donors (Lipinski definition) is 1. The third kappa shape index (κ3) is 4.10. The second-order valence-corrected chi connectivity index (χ2v) is 4.94. The van der Waals surface area contributed by atoms with Gasteiger partial charge in [0.2, 0.25) is 0 Å². The maximum absolute atomic E-state index is 13.1. The summed E-state index contributed by atoms with van der Waals surface area (Å²) in [5, 5.41) is 0. The molecule has 1 heterocycles. The molecule has 3 nitrogen and oxygen atoms in total. The Kier molecular flexibility index (Phi) is 5.88. The van der Waals surface area contributed by atoms with Crippen LogP contribution in [-0.2, 0) is 0 Å². The van der Waals surface area contributed by atoms with Crippen LogP contribution in [0.2, 0.25) is 0 Å². The summed E-state index contributed by atoms with van der Waals surface area (Å²) in [6, 6.07) is -2.32. The zero-order valence-corrected chi connectivity index (χ0v) is 11.2. The van der Waals surface area contributed by atoms with Gasteiger partial charge in [0.05, 0.1) is 0 Å². The highest BCUT2D eigenvalue weighted by Crippen LogP contribution is 2.28. The van der Waals surface area contributed by atoms with Crippen molar-refractivity contribution in [3.05, 3.63) is 0 Å². The van der Waals surface area contributed by atoms with E-state index in [-0.39, 0.29) is 0 Å². The minimum atomic E-state index is -4.23. The Morgan fingerprint density at radius 2 is 1.67 bits per heavy atom. The van der Waals surface area contributed by atoms with Crippen LogP contribution < -0.4 is 5.73 Å². The lowest BCUT2D eigenvalue weighted by atomic mass is 10.0. The van der Waals surface area contributed by atoms with Crippen molar-refractivity contribution in [2.24, 2.45) is 5.73 Å². The summed E-state index contributed by atoms with van der Waals surface area (Å²) in [6.07, 6.45) is -2.85. The molecule has 2 unspecified atom stereocenters. The fraction of sp³-hybridized carbons (Fsp3) is 1.00. The zero-order chi connectivity index (χ0) is 13.8. The van der Waals surface area contributed by atoms with Crippen molar-refractivity contribution in [1.82, 2.24) is 9.80 Å². The largest absolute Gasteiger partial charge is 0.405 e. The minimum Gasteiger partial charge on any atom is -0.326 e. The number of nitrogens with zero attached hydrogens (tertiary/aromatic N) is 2. The van der Waals surface area contributed by atoms with Gasteiger partial charge in [-0.15, -0.1) is 0 Å². The van der Waals surface area contributed by atoms with Crippen LogP contribution in [0, 0.1) is 0 Å². The van der Waals surface area contributed by atoms with E-state index in [4.69, 9.17) is 5.73 Å². The fourth-order valence-electron chi connectivity index (χ4n) is 2.53. The Morgan fingerprint density at radius 1 is 1.11 bits per heavy atom. The van der Waals surface area contributed by atoms with Crippen LogP contribution in [-0.4, -0.2) is 60.8 Å². The smallest absolute Gasteiger partial charge is 0.326 e. The van der Waals surface area contributed by atoms with Crippen LogP contribution in [0.4, 0.5) is 13.2 Å². The van der Waals surface area contributed by atoms with E-state index in [0.29, 0.717) is 32.6 Å². The predicted molar refractivity (Wildman–Crippen MR) is 66.4 cm³/mol. The topological polar surface area (TPSA) is 32.5 Å². The maximum Gasteiger partial charge on any atom is 0.405 e. The highest BCUT2D eigenvalue weighted by molar-refractivity contribution is 4.90. The Morgan fingerprint density at radius 3 is 2.06 bits per heavy atom. The minimum absolute atomic E-state index is 0.347. The van der Waals surface area contributed by atoms with Crippen LogP contribution in [0.5, 0.6) is 0 Å². The molecule has 0 amide bonds. The number of piperazine rings is 1. The van der Waals surface area contributed by atoms with Crippen LogP contribution in [0.3, 0.4) is 0 Å². The number of alkyl halides is 3. The molecule has 0 radical (unpaired) electrons. The first-order valence-corrected chi connectivity index (χ1v) is 6.68. The second kappa shape index (κ2) is 6.73. The van der Waals surface area contributed by atoms with Gasteiger partial charge in [0.25, 0.3) is 0 Å². The van der Waals surface area contributed by atoms with Gasteiger partial charge < -0.3 is 10.6 Å². The van der Waals surface area contributed by atoms with E-state index in [2.05, 4.69) is 11.8 Å². The molecule has 1 rings (SSSR count). The van der Waals surface area contributed by atoms with Crippen molar-refractivity contribution in [2.45, 2.75) is 44.9 Å². The average molecular weight is 267 g/mol. The Balaban J connectivity index is 2.61. The molecule has 2 atom stereocenters. The van der Waals surface area contributed by atoms with Gasteiger partial charge in [0, 0.05) is 32.2 Å². The van der Waals surface area contributed by atoms with Gasteiger partial charge in [0.15, 0.2) is 0 Å². The van der Waals surface area contributed by atoms with Crippen LogP contribution in [0.25, 0.3) is 0 Å². The number of nitrogens with two attached hydrogens (primary N) is 1. The molecule has 1 aliphatic rings. The summed E-state index contributed by atoms with van der Waals surface area (Å²) in [6.45, 7) is 7.07. The van der Waals surface area contributed by atoms with E-state index in [9.17, 15) is 13.2 Å². The van der Waals surface area contributed by atoms with Crippen molar-refractivity contribution >= 4 is 0 Å². The Hall–Kier alpha value is -0.330. The molecule has 108 valence electrons. The Labute approximate surface area is 107 Å². The highest BCUT2D eigenvalue weighted by Gasteiger charge is 2.47. The molecule has 0 aromatic heterocycles. The molecule has 1 fully saturated rings. The summed E-state index contributed by atoms with van der Waals surface area (Å²) in [5.74, 6) is 0. The summed E-state index contributed by atoms with van der Waals surface area (Å²) >= 11 is 0. The predicted octanol–water partition coefficient (Wildman–Crippen LogP) is 1.68. The number of rotatable bonds is 5. The molecule has 6 heteroatoms. The van der Waals surface area contributed by atoms with Crippen molar-refractivity contribution < 1.29 is 13.2 Å². The molecule has 0 bridgehead atoms. The van der Waals surface area contributed by atoms with Crippen molar-refractivity contribution in [3.63, 3.8) is 0 Å². The van der Waals surface area contributed by atoms with Gasteiger partial charge in [-0.1, -0.05) is 13.8 Å². The molecule has 18 heavy (non-hydrogen) atoms. The van der Waals surface area contributed by atoms with E-state index in [1.807, 2.05) is 0 Å². The van der Waals surface area contributed by atoms with E-state index in [1.54, 1.807) is 6.92 Å². The first-order valence-electron chi connectivity index (χ1n) is 6.68. The standard InChI is InChI=1S/C12H24F3N3/c1-3-5-17-6-8-18(9-7-17)11(10(16)4-2)12(13,14)15/h10-11H,3-9,16H2,1-2H3. The molecule has 1 aliphatic heterocycles. The lowest BCUT2D eigenvalue weighted by Gasteiger charge is -2.41. The Bertz CT molecular complexity index is 237. The first-order chi connectivity index (χ1) is 8.40. The van der Waals surface area contributed by atoms with Crippen molar-refractivity contribution in [3.8, 4) is 0 Å². The molecule has 0 aliphatic carbocycles. The summed E-state index contributed by atoms with van der Waals surface area (Å²) in [4.78, 5) is 3.71. The van der Waals surface area contributed by atoms with Gasteiger partial charge in [0.1, 0.15) is 6.04 Å². The molecular weight excluding hydrogens is 243 g/mol. The summed E-state index contributed by atoms with van der Waals surface area (Å²) in [5.41, 5.74) is 5.65. The van der Waals surface area contributed by atoms with Crippen LogP contribution in [0.15, 0.2) is 0 Å². The maximum atomic E-state index is 13.1. The quantitative estimate of drug-likeness (QED) is 0.822. The van der Waals surface area contributed by atoms with Crippen LogP contribution in [0.1, 0.15) is 26.7 Å². The molecule has 0 spiro atoms. The summed E-state index contributed by atoms with van der Waals surface area (Å²) in [7, 11) is 0. The third-order valence-electron chi connectivity index (χ3n) is 3.55. The van der Waals surface area contributed by atoms with E-state index in [1.165, 1.54) is 4.90 Å². The third-order valence-corrected chi connectivity index (χ3v) is 3.55. The average Bonchev–Trinajstić information content (AvgIpc) is 2.30. The molecular formula is C12H24F3N3. The van der Waals surface area contributed by atoms with Crippen LogP contribution >= 0.6 is 0 Å². The lowest BCUT2D eigenvalue weighted by Crippen LogP contribution is -2.60. The SMILES string of the molecule is CCCN1CCN(C(C(N)CC)C(F)(F)F)CC1. The van der Waals surface area contributed by atoms with E-state index >= 15 is 0 Å². The fourth-order valence-corrected chi connectivity index (χ4v) is 2.53. The number of hydrogen-bond acceptors (Lipinski definition) is 3. The molecule has 0 aromatic carbocycles. The lowest BCUT2D eigenvalue weighted by molar-refractivity contribution is -0.193. The second-order valence-electron chi connectivity index (χ2n) is 4.94. The highest BCUT2D eigenvalue weighted by atomic mass is 19.4. The van der Waals surface area contributed by atoms with Gasteiger partial charge in [-0.05, 0) is 19.4 Å². The van der Waals surface area contributed by atoms with Gasteiger partial charge in [-0.25, -0.2) is 0 Å².